The van der Waals surface area contributed by atoms with Gasteiger partial charge in [-0.15, -0.1) is 0 Å². The highest BCUT2D eigenvalue weighted by atomic mass is 32.2. The maximum atomic E-state index is 14.8. The number of nitrogens with one attached hydrogen (secondary N) is 3. The van der Waals surface area contributed by atoms with E-state index in [4.69, 9.17) is 18.9 Å². The normalized spacial score (nSPS) is 12.7. The third-order valence-corrected chi connectivity index (χ3v) is 8.47. The van der Waals surface area contributed by atoms with Gasteiger partial charge in [0, 0.05) is 5.75 Å². The molecule has 0 aliphatic rings. The number of nitrogens with zero attached hydrogens (tertiary/aromatic N) is 1. The second-order valence-corrected chi connectivity index (χ2v) is 15.3. The van der Waals surface area contributed by atoms with Crippen LogP contribution in [0.5, 0.6) is 5.75 Å². The lowest BCUT2D eigenvalue weighted by atomic mass is 9.99. The first-order chi connectivity index (χ1) is 26.1. The van der Waals surface area contributed by atoms with Crippen molar-refractivity contribution >= 4 is 41.7 Å². The minimum absolute atomic E-state index is 0.00514. The minimum atomic E-state index is -1.72. The maximum absolute atomic E-state index is 14.8. The van der Waals surface area contributed by atoms with Crippen molar-refractivity contribution in [3.05, 3.63) is 101 Å². The van der Waals surface area contributed by atoms with Gasteiger partial charge in [0.2, 0.25) is 12.0 Å². The zero-order valence-corrected chi connectivity index (χ0v) is 33.7. The van der Waals surface area contributed by atoms with Crippen LogP contribution in [0.4, 0.5) is 9.59 Å². The molecule has 3 N–H and O–H groups in total. The fourth-order valence-electron chi connectivity index (χ4n) is 5.30. The van der Waals surface area contributed by atoms with Crippen molar-refractivity contribution in [2.45, 2.75) is 85.2 Å². The Morgan fingerprint density at radius 1 is 0.818 bits per heavy atom. The Labute approximate surface area is 328 Å². The van der Waals surface area contributed by atoms with Gasteiger partial charge in [0.1, 0.15) is 17.4 Å². The number of benzene rings is 3. The standard InChI is InChI=1S/C41H54N4O9S/c1-27(2)24-52-40(50)53-36(32(22-30-18-11-9-12-19-30)42-37(47)33(26-55-8)43-39(49)54-41(5,6)7)38(48)45(23-31-20-13-10-14-21-31)44-34(46)25-51-35-28(3)16-15-17-29(35)4/h9-21,27,32-33,36H,22-26H2,1-8H3,(H,42,47)(H,43,49)(H,44,46)/t32-,33-,36-/m0/s1. The predicted molar refractivity (Wildman–Crippen MR) is 211 cm³/mol. The number of para-hydroxylation sites is 1. The molecule has 0 spiro atoms. The van der Waals surface area contributed by atoms with Gasteiger partial charge in [0.05, 0.1) is 19.2 Å². The summed E-state index contributed by atoms with van der Waals surface area (Å²) in [5.74, 6) is -1.50. The monoisotopic (exact) mass is 778 g/mol. The van der Waals surface area contributed by atoms with Crippen molar-refractivity contribution in [2.24, 2.45) is 5.92 Å². The smallest absolute Gasteiger partial charge is 0.483 e. The Kier molecular flexibility index (Phi) is 17.3. The minimum Gasteiger partial charge on any atom is -0.483 e. The number of ether oxygens (including phenoxy) is 4. The maximum Gasteiger partial charge on any atom is 0.509 e. The highest BCUT2D eigenvalue weighted by molar-refractivity contribution is 7.98. The van der Waals surface area contributed by atoms with E-state index in [2.05, 4.69) is 16.1 Å². The van der Waals surface area contributed by atoms with Crippen LogP contribution in [0.3, 0.4) is 0 Å². The molecule has 0 unspecified atom stereocenters. The van der Waals surface area contributed by atoms with Crippen LogP contribution in [0.15, 0.2) is 78.9 Å². The average Bonchev–Trinajstić information content (AvgIpc) is 3.12. The zero-order valence-electron chi connectivity index (χ0n) is 32.9. The molecule has 55 heavy (non-hydrogen) atoms. The number of hydrogen-bond donors (Lipinski definition) is 3. The fraction of sp³-hybridized carbons (Fsp3) is 0.439. The van der Waals surface area contributed by atoms with Crippen molar-refractivity contribution in [3.63, 3.8) is 0 Å². The van der Waals surface area contributed by atoms with Crippen LogP contribution in [-0.4, -0.2) is 84.0 Å². The number of thioether (sulfide) groups is 1. The molecule has 0 aliphatic carbocycles. The Morgan fingerprint density at radius 2 is 1.42 bits per heavy atom. The quantitative estimate of drug-likeness (QED) is 0.111. The molecule has 0 bridgehead atoms. The third-order valence-electron chi connectivity index (χ3n) is 7.80. The number of alkyl carbamates (subject to hydrolysis) is 1. The lowest BCUT2D eigenvalue weighted by Crippen LogP contribution is -2.60. The van der Waals surface area contributed by atoms with Crippen LogP contribution in [0, 0.1) is 19.8 Å². The van der Waals surface area contributed by atoms with Gasteiger partial charge in [-0.1, -0.05) is 92.7 Å². The number of carbonyl (C=O) groups excluding carboxylic acids is 5. The number of amides is 4. The number of hydrogen-bond acceptors (Lipinski definition) is 10. The molecule has 3 atom stereocenters. The second-order valence-electron chi connectivity index (χ2n) is 14.4. The van der Waals surface area contributed by atoms with E-state index in [0.717, 1.165) is 16.1 Å². The first kappa shape index (κ1) is 44.2. The van der Waals surface area contributed by atoms with Gasteiger partial charge in [-0.2, -0.15) is 11.8 Å². The highest BCUT2D eigenvalue weighted by Gasteiger charge is 2.39. The van der Waals surface area contributed by atoms with Crippen molar-refractivity contribution in [1.82, 2.24) is 21.1 Å². The van der Waals surface area contributed by atoms with Crippen LogP contribution >= 0.6 is 11.8 Å². The SMILES string of the molecule is CSC[C@H](NC(=O)OC(C)(C)C)C(=O)N[C@@H](Cc1ccccc1)[C@H](OC(=O)OCC(C)C)C(=O)N(Cc1ccccc1)NC(=O)COc1c(C)cccc1C. The number of carbonyl (C=O) groups is 5. The van der Waals surface area contributed by atoms with E-state index in [9.17, 15) is 24.0 Å². The topological polar surface area (TPSA) is 162 Å². The molecule has 0 fully saturated rings. The van der Waals surface area contributed by atoms with Gasteiger partial charge >= 0.3 is 12.2 Å². The number of hydrazine groups is 1. The Bertz CT molecular complexity index is 1700. The molecule has 3 rings (SSSR count). The second kappa shape index (κ2) is 21.6. The third kappa shape index (κ3) is 15.6. The van der Waals surface area contributed by atoms with Gasteiger partial charge in [-0.05, 0) is 75.5 Å². The van der Waals surface area contributed by atoms with Gasteiger partial charge in [0.25, 0.3) is 11.8 Å². The first-order valence-electron chi connectivity index (χ1n) is 18.1. The highest BCUT2D eigenvalue weighted by Crippen LogP contribution is 2.22. The molecule has 298 valence electrons. The summed E-state index contributed by atoms with van der Waals surface area (Å²) in [7, 11) is 0. The van der Waals surface area contributed by atoms with Gasteiger partial charge in [0.15, 0.2) is 6.61 Å². The molecule has 0 saturated carbocycles. The largest absolute Gasteiger partial charge is 0.509 e. The van der Waals surface area contributed by atoms with E-state index in [0.29, 0.717) is 16.9 Å². The summed E-state index contributed by atoms with van der Waals surface area (Å²) in [6, 6.07) is 21.2. The summed E-state index contributed by atoms with van der Waals surface area (Å²) in [5, 5.41) is 6.51. The zero-order chi connectivity index (χ0) is 40.5. The van der Waals surface area contributed by atoms with Crippen LogP contribution in [0.1, 0.15) is 56.9 Å². The molecule has 0 aromatic heterocycles. The van der Waals surface area contributed by atoms with Crippen LogP contribution in [-0.2, 0) is 41.6 Å². The van der Waals surface area contributed by atoms with E-state index in [1.165, 1.54) is 11.8 Å². The molecule has 13 nitrogen and oxygen atoms in total. The van der Waals surface area contributed by atoms with E-state index in [1.807, 2.05) is 58.0 Å². The first-order valence-corrected chi connectivity index (χ1v) is 19.5. The Morgan fingerprint density at radius 3 is 1.98 bits per heavy atom. The molecule has 0 aliphatic heterocycles. The van der Waals surface area contributed by atoms with Gasteiger partial charge < -0.3 is 29.6 Å². The molecule has 3 aromatic carbocycles. The summed E-state index contributed by atoms with van der Waals surface area (Å²) in [6.45, 7) is 12.0. The molecule has 3 aromatic rings. The Hall–Kier alpha value is -5.24. The van der Waals surface area contributed by atoms with E-state index < -0.39 is 60.4 Å². The molecule has 0 saturated heterocycles. The van der Waals surface area contributed by atoms with E-state index in [1.54, 1.807) is 75.6 Å². The molecular formula is C41H54N4O9S. The lowest BCUT2D eigenvalue weighted by Gasteiger charge is -2.33. The van der Waals surface area contributed by atoms with Crippen LogP contribution < -0.4 is 20.8 Å². The molecule has 0 heterocycles. The van der Waals surface area contributed by atoms with Crippen LogP contribution in [0.2, 0.25) is 0 Å². The summed E-state index contributed by atoms with van der Waals surface area (Å²) in [4.78, 5) is 68.3. The molecule has 14 heteroatoms. The Balaban J connectivity index is 2.04. The molecule has 4 amide bonds. The summed E-state index contributed by atoms with van der Waals surface area (Å²) in [5.41, 5.74) is 4.83. The van der Waals surface area contributed by atoms with Crippen molar-refractivity contribution in [1.29, 1.82) is 0 Å². The van der Waals surface area contributed by atoms with E-state index in [-0.39, 0.29) is 31.2 Å². The van der Waals surface area contributed by atoms with Crippen molar-refractivity contribution in [2.75, 3.05) is 25.2 Å². The van der Waals surface area contributed by atoms with Gasteiger partial charge in [-0.3, -0.25) is 19.8 Å². The van der Waals surface area contributed by atoms with Crippen molar-refractivity contribution < 1.29 is 42.9 Å². The number of aryl methyl sites for hydroxylation is 2. The predicted octanol–water partition coefficient (Wildman–Crippen LogP) is 5.90. The summed E-state index contributed by atoms with van der Waals surface area (Å²) in [6.07, 6.45) is -1.88. The number of rotatable bonds is 17. The molecule has 0 radical (unpaired) electrons. The van der Waals surface area contributed by atoms with Crippen molar-refractivity contribution in [3.8, 4) is 5.75 Å². The fourth-order valence-corrected chi connectivity index (χ4v) is 5.87. The van der Waals surface area contributed by atoms with Gasteiger partial charge in [-0.25, -0.2) is 14.6 Å². The summed E-state index contributed by atoms with van der Waals surface area (Å²) >= 11 is 1.31. The van der Waals surface area contributed by atoms with E-state index >= 15 is 0 Å². The molecular weight excluding hydrogens is 725 g/mol. The average molecular weight is 779 g/mol. The van der Waals surface area contributed by atoms with Crippen LogP contribution in [0.25, 0.3) is 0 Å². The lowest BCUT2D eigenvalue weighted by molar-refractivity contribution is -0.153. The summed E-state index contributed by atoms with van der Waals surface area (Å²) < 4.78 is 22.4.